The Labute approximate surface area is 175 Å². The summed E-state index contributed by atoms with van der Waals surface area (Å²) in [5.74, 6) is 0.471. The first-order valence-electron chi connectivity index (χ1n) is 10.2. The van der Waals surface area contributed by atoms with Crippen molar-refractivity contribution >= 4 is 28.4 Å². The summed E-state index contributed by atoms with van der Waals surface area (Å²) in [6.45, 7) is 2.78. The van der Waals surface area contributed by atoms with Crippen molar-refractivity contribution < 1.29 is 4.79 Å². The molecule has 3 heterocycles. The number of rotatable bonds is 5. The SMILES string of the molecule is CC1Cc2ccccc2N1C(=O)c1cnc(NCCc2c[nH]c3ccccc23)nc1. The van der Waals surface area contributed by atoms with E-state index in [1.807, 2.05) is 41.4 Å². The second kappa shape index (κ2) is 7.63. The number of hydrogen-bond acceptors (Lipinski definition) is 4. The molecule has 0 fully saturated rings. The maximum absolute atomic E-state index is 13.0. The average molecular weight is 397 g/mol. The van der Waals surface area contributed by atoms with Crippen molar-refractivity contribution in [1.29, 1.82) is 0 Å². The molecule has 1 unspecified atom stereocenters. The Bertz CT molecular complexity index is 1200. The van der Waals surface area contributed by atoms with E-state index >= 15 is 0 Å². The second-order valence-corrected chi connectivity index (χ2v) is 7.69. The van der Waals surface area contributed by atoms with Crippen molar-refractivity contribution in [1.82, 2.24) is 15.0 Å². The van der Waals surface area contributed by atoms with Crippen molar-refractivity contribution in [2.45, 2.75) is 25.8 Å². The number of nitrogens with one attached hydrogen (secondary N) is 2. The molecule has 5 rings (SSSR count). The van der Waals surface area contributed by atoms with Gasteiger partial charge in [-0.15, -0.1) is 0 Å². The van der Waals surface area contributed by atoms with Gasteiger partial charge in [0.1, 0.15) is 0 Å². The van der Waals surface area contributed by atoms with Gasteiger partial charge in [0.15, 0.2) is 0 Å². The molecule has 0 bridgehead atoms. The number of carbonyl (C=O) groups is 1. The maximum atomic E-state index is 13.0. The van der Waals surface area contributed by atoms with E-state index in [0.717, 1.165) is 24.0 Å². The van der Waals surface area contributed by atoms with E-state index in [1.54, 1.807) is 12.4 Å². The van der Waals surface area contributed by atoms with Gasteiger partial charge in [-0.05, 0) is 43.0 Å². The largest absolute Gasteiger partial charge is 0.361 e. The molecule has 4 aromatic rings. The van der Waals surface area contributed by atoms with Gasteiger partial charge in [-0.2, -0.15) is 0 Å². The quantitative estimate of drug-likeness (QED) is 0.529. The molecule has 1 atom stereocenters. The average Bonchev–Trinajstić information content (AvgIpc) is 3.34. The fraction of sp³-hybridized carbons (Fsp3) is 0.208. The van der Waals surface area contributed by atoms with Gasteiger partial charge in [0.2, 0.25) is 5.95 Å². The number of carbonyl (C=O) groups excluding carboxylic acids is 1. The fourth-order valence-electron chi connectivity index (χ4n) is 4.19. The minimum atomic E-state index is -0.0576. The van der Waals surface area contributed by atoms with Crippen molar-refractivity contribution in [3.8, 4) is 0 Å². The number of nitrogens with zero attached hydrogens (tertiary/aromatic N) is 3. The molecular weight excluding hydrogens is 374 g/mol. The summed E-state index contributed by atoms with van der Waals surface area (Å²) >= 11 is 0. The molecule has 0 saturated heterocycles. The Morgan fingerprint density at radius 1 is 1.13 bits per heavy atom. The maximum Gasteiger partial charge on any atom is 0.261 e. The molecular formula is C24H23N5O. The van der Waals surface area contributed by atoms with Gasteiger partial charge in [-0.25, -0.2) is 9.97 Å². The first-order valence-corrected chi connectivity index (χ1v) is 10.2. The Kier molecular flexibility index (Phi) is 4.67. The molecule has 2 N–H and O–H groups in total. The molecule has 0 saturated carbocycles. The molecule has 1 amide bonds. The summed E-state index contributed by atoms with van der Waals surface area (Å²) in [6, 6.07) is 16.5. The van der Waals surface area contributed by atoms with E-state index in [9.17, 15) is 4.79 Å². The van der Waals surface area contributed by atoms with Gasteiger partial charge >= 0.3 is 0 Å². The van der Waals surface area contributed by atoms with Gasteiger partial charge in [0.05, 0.1) is 5.56 Å². The lowest BCUT2D eigenvalue weighted by atomic mass is 10.1. The predicted molar refractivity (Wildman–Crippen MR) is 119 cm³/mol. The van der Waals surface area contributed by atoms with Crippen molar-refractivity contribution in [2.24, 2.45) is 0 Å². The summed E-state index contributed by atoms with van der Waals surface area (Å²) in [5.41, 5.74) is 5.09. The summed E-state index contributed by atoms with van der Waals surface area (Å²) in [4.78, 5) is 26.9. The second-order valence-electron chi connectivity index (χ2n) is 7.69. The topological polar surface area (TPSA) is 73.9 Å². The number of H-pyrrole nitrogens is 1. The molecule has 1 aliphatic rings. The Balaban J connectivity index is 1.24. The molecule has 2 aromatic heterocycles. The monoisotopic (exact) mass is 397 g/mol. The van der Waals surface area contributed by atoms with Crippen LogP contribution in [0, 0.1) is 0 Å². The van der Waals surface area contributed by atoms with Crippen molar-refractivity contribution in [3.05, 3.63) is 83.8 Å². The Morgan fingerprint density at radius 3 is 2.77 bits per heavy atom. The lowest BCUT2D eigenvalue weighted by molar-refractivity contribution is 0.0981. The van der Waals surface area contributed by atoms with E-state index in [4.69, 9.17) is 0 Å². The number of aromatic nitrogens is 3. The van der Waals surface area contributed by atoms with Crippen LogP contribution in [0.2, 0.25) is 0 Å². The third kappa shape index (κ3) is 3.30. The Hall–Kier alpha value is -3.67. The van der Waals surface area contributed by atoms with Crippen molar-refractivity contribution in [2.75, 3.05) is 16.8 Å². The number of aromatic amines is 1. The molecule has 6 heteroatoms. The first kappa shape index (κ1) is 18.4. The number of amides is 1. The predicted octanol–water partition coefficient (Wildman–Crippen LogP) is 4.20. The lowest BCUT2D eigenvalue weighted by Crippen LogP contribution is -2.35. The molecule has 0 radical (unpaired) electrons. The highest BCUT2D eigenvalue weighted by molar-refractivity contribution is 6.07. The standard InChI is InChI=1S/C24H23N5O/c1-16-12-17-6-2-5-9-22(17)29(16)23(30)19-14-27-24(28-15-19)25-11-10-18-13-26-21-8-4-3-7-20(18)21/h2-9,13-16,26H,10-12H2,1H3,(H,25,27,28). The van der Waals surface area contributed by atoms with E-state index in [0.29, 0.717) is 18.1 Å². The Morgan fingerprint density at radius 2 is 1.90 bits per heavy atom. The van der Waals surface area contributed by atoms with Gasteiger partial charge in [0, 0.05) is 47.8 Å². The zero-order valence-electron chi connectivity index (χ0n) is 16.8. The summed E-state index contributed by atoms with van der Waals surface area (Å²) in [5, 5.41) is 4.48. The zero-order chi connectivity index (χ0) is 20.5. The smallest absolute Gasteiger partial charge is 0.261 e. The van der Waals surface area contributed by atoms with Crippen LogP contribution in [0.3, 0.4) is 0 Å². The van der Waals surface area contributed by atoms with Gasteiger partial charge in [-0.1, -0.05) is 36.4 Å². The van der Waals surface area contributed by atoms with Gasteiger partial charge in [-0.3, -0.25) is 4.79 Å². The van der Waals surface area contributed by atoms with Crippen LogP contribution in [0.15, 0.2) is 67.1 Å². The van der Waals surface area contributed by atoms with Crippen LogP contribution in [0.25, 0.3) is 10.9 Å². The van der Waals surface area contributed by atoms with Gasteiger partial charge < -0.3 is 15.2 Å². The number of fused-ring (bicyclic) bond motifs is 2. The zero-order valence-corrected chi connectivity index (χ0v) is 16.8. The van der Waals surface area contributed by atoms with E-state index in [2.05, 4.69) is 45.4 Å². The summed E-state index contributed by atoms with van der Waals surface area (Å²) in [7, 11) is 0. The van der Waals surface area contributed by atoms with Crippen molar-refractivity contribution in [3.63, 3.8) is 0 Å². The minimum Gasteiger partial charge on any atom is -0.361 e. The van der Waals surface area contributed by atoms with Crippen LogP contribution in [-0.4, -0.2) is 33.4 Å². The molecule has 1 aliphatic heterocycles. The van der Waals surface area contributed by atoms with Crippen LogP contribution in [0.4, 0.5) is 11.6 Å². The van der Waals surface area contributed by atoms with Crippen LogP contribution in [0.1, 0.15) is 28.4 Å². The first-order chi connectivity index (χ1) is 14.7. The fourth-order valence-corrected chi connectivity index (χ4v) is 4.19. The molecule has 6 nitrogen and oxygen atoms in total. The van der Waals surface area contributed by atoms with Gasteiger partial charge in [0.25, 0.3) is 5.91 Å². The van der Waals surface area contributed by atoms with Crippen LogP contribution < -0.4 is 10.2 Å². The van der Waals surface area contributed by atoms with Crippen LogP contribution in [-0.2, 0) is 12.8 Å². The highest BCUT2D eigenvalue weighted by atomic mass is 16.2. The highest BCUT2D eigenvalue weighted by Gasteiger charge is 2.31. The number of anilines is 2. The normalized spacial score (nSPS) is 15.4. The third-order valence-electron chi connectivity index (χ3n) is 5.68. The molecule has 30 heavy (non-hydrogen) atoms. The van der Waals surface area contributed by atoms with Crippen LogP contribution >= 0.6 is 0 Å². The number of hydrogen-bond donors (Lipinski definition) is 2. The summed E-state index contributed by atoms with van der Waals surface area (Å²) < 4.78 is 0. The highest BCUT2D eigenvalue weighted by Crippen LogP contribution is 2.32. The molecule has 2 aromatic carbocycles. The minimum absolute atomic E-state index is 0.0576. The molecule has 0 spiro atoms. The van der Waals surface area contributed by atoms with E-state index in [1.165, 1.54) is 16.5 Å². The van der Waals surface area contributed by atoms with E-state index in [-0.39, 0.29) is 11.9 Å². The third-order valence-corrected chi connectivity index (χ3v) is 5.68. The molecule has 0 aliphatic carbocycles. The summed E-state index contributed by atoms with van der Waals surface area (Å²) in [6.07, 6.45) is 6.99. The van der Waals surface area contributed by atoms with Crippen LogP contribution in [0.5, 0.6) is 0 Å². The molecule has 150 valence electrons. The van der Waals surface area contributed by atoms with E-state index < -0.39 is 0 Å². The number of benzene rings is 2. The lowest BCUT2D eigenvalue weighted by Gasteiger charge is -2.22. The number of para-hydroxylation sites is 2.